The van der Waals surface area contributed by atoms with E-state index in [1.54, 1.807) is 0 Å². The first kappa shape index (κ1) is 22.7. The first-order chi connectivity index (χ1) is 18.2. The van der Waals surface area contributed by atoms with Crippen molar-refractivity contribution < 1.29 is 4.74 Å². The van der Waals surface area contributed by atoms with Gasteiger partial charge in [0.05, 0.1) is 0 Å². The van der Waals surface area contributed by atoms with Gasteiger partial charge in [-0.25, -0.2) is 0 Å². The molecule has 37 heavy (non-hydrogen) atoms. The van der Waals surface area contributed by atoms with Crippen LogP contribution in [0.3, 0.4) is 0 Å². The van der Waals surface area contributed by atoms with E-state index in [2.05, 4.69) is 138 Å². The van der Waals surface area contributed by atoms with Crippen molar-refractivity contribution in [3.63, 3.8) is 0 Å². The normalized spacial score (nSPS) is 12.8. The highest BCUT2D eigenvalue weighted by Gasteiger charge is 2.17. The van der Waals surface area contributed by atoms with Crippen molar-refractivity contribution in [1.82, 2.24) is 0 Å². The molecule has 0 radical (unpaired) electrons. The monoisotopic (exact) mass is 483 g/mol. The van der Waals surface area contributed by atoms with Crippen LogP contribution in [0.15, 0.2) is 127 Å². The molecular weight excluding hydrogens is 454 g/mol. The predicted molar refractivity (Wildman–Crippen MR) is 155 cm³/mol. The van der Waals surface area contributed by atoms with Crippen molar-refractivity contribution in [2.24, 2.45) is 0 Å². The molecule has 4 heteroatoms. The number of rotatable bonds is 2. The largest absolute Gasteiger partial charge is 0.457 e. The molecule has 1 heterocycles. The highest BCUT2D eigenvalue weighted by molar-refractivity contribution is 5.82. The first-order valence-electron chi connectivity index (χ1n) is 12.6. The Morgan fingerprint density at radius 1 is 0.486 bits per heavy atom. The van der Waals surface area contributed by atoms with Crippen molar-refractivity contribution in [1.29, 1.82) is 0 Å². The maximum absolute atomic E-state index is 6.32. The summed E-state index contributed by atoms with van der Waals surface area (Å²) in [5.41, 5.74) is 7.67. The van der Waals surface area contributed by atoms with E-state index in [4.69, 9.17) is 4.74 Å². The van der Waals surface area contributed by atoms with Gasteiger partial charge in [0.15, 0.2) is 0 Å². The lowest BCUT2D eigenvalue weighted by Crippen LogP contribution is -2.17. The zero-order valence-corrected chi connectivity index (χ0v) is 21.1. The lowest BCUT2D eigenvalue weighted by Gasteiger charge is -2.30. The molecule has 5 aromatic rings. The lowest BCUT2D eigenvalue weighted by atomic mass is 10.1. The van der Waals surface area contributed by atoms with Gasteiger partial charge in [-0.1, -0.05) is 42.5 Å². The summed E-state index contributed by atoms with van der Waals surface area (Å²) in [6, 6.07) is 44.5. The molecule has 0 aromatic heterocycles. The van der Waals surface area contributed by atoms with Crippen LogP contribution < -0.4 is 19.4 Å². The van der Waals surface area contributed by atoms with E-state index in [-0.39, 0.29) is 0 Å². The highest BCUT2D eigenvalue weighted by Crippen LogP contribution is 2.40. The maximum Gasteiger partial charge on any atom is 0.129 e. The van der Waals surface area contributed by atoms with Crippen LogP contribution in [0.5, 0.6) is 11.5 Å². The fourth-order valence-electron chi connectivity index (χ4n) is 4.93. The second-order valence-corrected chi connectivity index (χ2v) is 9.11. The number of fused-ring (bicyclic) bond motifs is 8. The minimum absolute atomic E-state index is 0.806. The van der Waals surface area contributed by atoms with Crippen molar-refractivity contribution >= 4 is 39.8 Å². The second kappa shape index (κ2) is 9.75. The van der Waals surface area contributed by atoms with Crippen molar-refractivity contribution in [2.45, 2.75) is 6.92 Å². The van der Waals surface area contributed by atoms with Gasteiger partial charge in [-0.2, -0.15) is 0 Å². The average Bonchev–Trinajstić information content (AvgIpc) is 2.94. The molecule has 0 saturated heterocycles. The Hall–Kier alpha value is -4.70. The molecule has 0 spiro atoms. The Morgan fingerprint density at radius 3 is 1.59 bits per heavy atom. The molecule has 0 unspecified atom stereocenters. The molecule has 0 saturated carbocycles. The fraction of sp³-hybridized carbons (Fsp3) is 0.0909. The predicted octanol–water partition coefficient (Wildman–Crippen LogP) is 9.19. The van der Waals surface area contributed by atoms with E-state index in [1.807, 2.05) is 18.2 Å². The van der Waals surface area contributed by atoms with Crippen LogP contribution in [0.4, 0.5) is 39.8 Å². The Morgan fingerprint density at radius 2 is 0.946 bits per heavy atom. The van der Waals surface area contributed by atoms with Crippen LogP contribution in [0, 0.1) is 0 Å². The van der Waals surface area contributed by atoms with Gasteiger partial charge < -0.3 is 19.4 Å². The smallest absolute Gasteiger partial charge is 0.129 e. The lowest BCUT2D eigenvalue weighted by molar-refractivity contribution is 0.483. The summed E-state index contributed by atoms with van der Waals surface area (Å²) in [7, 11) is 2.09. The van der Waals surface area contributed by atoms with Crippen LogP contribution in [0.2, 0.25) is 0 Å². The number of hydrogen-bond acceptors (Lipinski definition) is 4. The third kappa shape index (κ3) is 4.50. The molecule has 4 nitrogen and oxygen atoms in total. The van der Waals surface area contributed by atoms with Gasteiger partial charge in [0, 0.05) is 65.5 Å². The molecule has 8 bridgehead atoms. The summed E-state index contributed by atoms with van der Waals surface area (Å²) in [6.45, 7) is 3.00. The molecule has 0 atom stereocenters. The first-order valence-corrected chi connectivity index (χ1v) is 12.6. The minimum Gasteiger partial charge on any atom is -0.457 e. The van der Waals surface area contributed by atoms with Crippen molar-refractivity contribution in [3.05, 3.63) is 127 Å². The topological polar surface area (TPSA) is 19.0 Å². The van der Waals surface area contributed by atoms with Gasteiger partial charge in [-0.15, -0.1) is 0 Å². The van der Waals surface area contributed by atoms with Gasteiger partial charge in [0.25, 0.3) is 0 Å². The Labute approximate surface area is 218 Å². The molecule has 0 fully saturated rings. The van der Waals surface area contributed by atoms with E-state index in [9.17, 15) is 0 Å². The van der Waals surface area contributed by atoms with Crippen LogP contribution in [0.1, 0.15) is 6.92 Å². The number of nitrogens with zero attached hydrogens (tertiary/aromatic N) is 3. The van der Waals surface area contributed by atoms with Crippen molar-refractivity contribution in [3.8, 4) is 11.5 Å². The number of ether oxygens (including phenoxy) is 1. The van der Waals surface area contributed by atoms with Crippen LogP contribution in [-0.2, 0) is 0 Å². The van der Waals surface area contributed by atoms with E-state index >= 15 is 0 Å². The molecule has 0 amide bonds. The summed E-state index contributed by atoms with van der Waals surface area (Å²) in [5, 5.41) is 0. The summed E-state index contributed by atoms with van der Waals surface area (Å²) >= 11 is 0. The minimum atomic E-state index is 0.806. The average molecular weight is 484 g/mol. The molecule has 0 N–H and O–H groups in total. The Bertz CT molecular complexity index is 1530. The summed E-state index contributed by atoms with van der Waals surface area (Å²) in [6.07, 6.45) is 0. The van der Waals surface area contributed by atoms with Crippen LogP contribution >= 0.6 is 0 Å². The van der Waals surface area contributed by atoms with Crippen molar-refractivity contribution in [2.75, 3.05) is 28.3 Å². The summed E-state index contributed by atoms with van der Waals surface area (Å²) in [5.74, 6) is 1.62. The van der Waals surface area contributed by atoms with Gasteiger partial charge in [-0.05, 0) is 79.7 Å². The summed E-state index contributed by atoms with van der Waals surface area (Å²) in [4.78, 5) is 6.82. The summed E-state index contributed by atoms with van der Waals surface area (Å²) < 4.78 is 6.32. The standard InChI is InChI=1S/C33H29N3O/c1-3-35-28-15-8-18-31(22-28)36(25-11-5-4-6-12-25)30-17-7-13-26(21-30)34(2)27-14-9-19-32(23-27)37-33-20-10-16-29(35)24-33/h4-24H,3H2,1-2H3. The van der Waals surface area contributed by atoms with Crippen LogP contribution in [0.25, 0.3) is 0 Å². The van der Waals surface area contributed by atoms with Gasteiger partial charge in [0.1, 0.15) is 11.5 Å². The molecule has 0 aliphatic carbocycles. The van der Waals surface area contributed by atoms with Gasteiger partial charge in [0.2, 0.25) is 0 Å². The van der Waals surface area contributed by atoms with E-state index < -0.39 is 0 Å². The molecule has 6 rings (SSSR count). The van der Waals surface area contributed by atoms with E-state index in [0.29, 0.717) is 0 Å². The number of para-hydroxylation sites is 1. The Balaban J connectivity index is 1.59. The molecular formula is C33H29N3O. The molecule has 1 aliphatic rings. The quantitative estimate of drug-likeness (QED) is 0.249. The molecule has 1 aliphatic heterocycles. The SMILES string of the molecule is CCN1c2cccc(c2)Oc2cccc(c2)N(C)c2cccc(c2)N(c2ccccc2)c2cccc1c2. The van der Waals surface area contributed by atoms with Crippen LogP contribution in [-0.4, -0.2) is 13.6 Å². The number of hydrogen-bond donors (Lipinski definition) is 0. The van der Waals surface area contributed by atoms with E-state index in [1.165, 1.54) is 0 Å². The van der Waals surface area contributed by atoms with Gasteiger partial charge in [-0.3, -0.25) is 0 Å². The maximum atomic E-state index is 6.32. The third-order valence-corrected chi connectivity index (χ3v) is 6.78. The molecule has 182 valence electrons. The fourth-order valence-corrected chi connectivity index (χ4v) is 4.93. The highest BCUT2D eigenvalue weighted by atomic mass is 16.5. The zero-order chi connectivity index (χ0) is 25.2. The second-order valence-electron chi connectivity index (χ2n) is 9.11. The third-order valence-electron chi connectivity index (χ3n) is 6.78. The Kier molecular flexibility index (Phi) is 5.99. The number of anilines is 7. The molecule has 5 aromatic carbocycles. The number of benzene rings is 5. The van der Waals surface area contributed by atoms with E-state index in [0.717, 1.165) is 57.9 Å². The van der Waals surface area contributed by atoms with Gasteiger partial charge >= 0.3 is 0 Å². The zero-order valence-electron chi connectivity index (χ0n) is 21.1.